The predicted octanol–water partition coefficient (Wildman–Crippen LogP) is 4.42. The molecular formula is C16H11Cl2N7S. The van der Waals surface area contributed by atoms with Crippen LogP contribution in [0.15, 0.2) is 48.5 Å². The predicted molar refractivity (Wildman–Crippen MR) is 104 cm³/mol. The summed E-state index contributed by atoms with van der Waals surface area (Å²) in [6.45, 7) is 0. The standard InChI is InChI=1S/C16H11Cl2N7S/c17-9-1-5-11(6-2-9)20-16-23-22-15(26-16)13-14(19)25(24-21-13)12-7-3-10(18)4-8-12/h1-8H,19H2,(H,20,23). The zero-order valence-corrected chi connectivity index (χ0v) is 15.4. The van der Waals surface area contributed by atoms with Gasteiger partial charge in [0.1, 0.15) is 0 Å². The molecule has 0 amide bonds. The Bertz CT molecular complexity index is 1040. The molecule has 0 radical (unpaired) electrons. The van der Waals surface area contributed by atoms with Gasteiger partial charge in [-0.05, 0) is 48.5 Å². The summed E-state index contributed by atoms with van der Waals surface area (Å²) in [5.41, 5.74) is 8.28. The van der Waals surface area contributed by atoms with Crippen LogP contribution in [0.25, 0.3) is 16.4 Å². The minimum atomic E-state index is 0.376. The summed E-state index contributed by atoms with van der Waals surface area (Å²) in [6, 6.07) is 14.4. The Labute approximate surface area is 162 Å². The number of nitrogens with zero attached hydrogens (tertiary/aromatic N) is 5. The molecule has 0 spiro atoms. The molecule has 2 aromatic heterocycles. The van der Waals surface area contributed by atoms with Gasteiger partial charge in [-0.3, -0.25) is 0 Å². The third kappa shape index (κ3) is 3.34. The van der Waals surface area contributed by atoms with Crippen molar-refractivity contribution < 1.29 is 0 Å². The number of benzene rings is 2. The van der Waals surface area contributed by atoms with Crippen LogP contribution in [0.4, 0.5) is 16.6 Å². The van der Waals surface area contributed by atoms with Crippen molar-refractivity contribution in [1.82, 2.24) is 25.2 Å². The molecule has 26 heavy (non-hydrogen) atoms. The lowest BCUT2D eigenvalue weighted by molar-refractivity contribution is 0.810. The van der Waals surface area contributed by atoms with E-state index in [4.69, 9.17) is 28.9 Å². The van der Waals surface area contributed by atoms with Crippen LogP contribution in [0.3, 0.4) is 0 Å². The van der Waals surface area contributed by atoms with E-state index >= 15 is 0 Å². The van der Waals surface area contributed by atoms with Crippen molar-refractivity contribution in [1.29, 1.82) is 0 Å². The number of nitrogen functional groups attached to an aromatic ring is 1. The maximum Gasteiger partial charge on any atom is 0.210 e. The highest BCUT2D eigenvalue weighted by molar-refractivity contribution is 7.18. The molecule has 0 atom stereocenters. The number of hydrogen-bond acceptors (Lipinski definition) is 7. The molecule has 0 saturated carbocycles. The first-order valence-electron chi connectivity index (χ1n) is 7.44. The largest absolute Gasteiger partial charge is 0.382 e. The minimum Gasteiger partial charge on any atom is -0.382 e. The second kappa shape index (κ2) is 6.91. The molecule has 10 heteroatoms. The molecule has 4 rings (SSSR count). The number of rotatable bonds is 4. The van der Waals surface area contributed by atoms with Gasteiger partial charge in [0.05, 0.1) is 5.69 Å². The highest BCUT2D eigenvalue weighted by Gasteiger charge is 2.17. The van der Waals surface area contributed by atoms with Gasteiger partial charge in [0.25, 0.3) is 0 Å². The van der Waals surface area contributed by atoms with Crippen LogP contribution in [0.5, 0.6) is 0 Å². The summed E-state index contributed by atoms with van der Waals surface area (Å²) in [6.07, 6.45) is 0. The van der Waals surface area contributed by atoms with Crippen LogP contribution in [0.1, 0.15) is 0 Å². The molecular weight excluding hydrogens is 393 g/mol. The third-order valence-corrected chi connectivity index (χ3v) is 4.85. The van der Waals surface area contributed by atoms with Gasteiger partial charge >= 0.3 is 0 Å². The molecule has 0 unspecified atom stereocenters. The van der Waals surface area contributed by atoms with Crippen molar-refractivity contribution in [3.63, 3.8) is 0 Å². The zero-order chi connectivity index (χ0) is 18.1. The quantitative estimate of drug-likeness (QED) is 0.523. The summed E-state index contributed by atoms with van der Waals surface area (Å²) < 4.78 is 1.53. The van der Waals surface area contributed by atoms with Gasteiger partial charge in [0.2, 0.25) is 5.13 Å². The van der Waals surface area contributed by atoms with Crippen LogP contribution < -0.4 is 11.1 Å². The molecule has 4 aromatic rings. The average molecular weight is 404 g/mol. The van der Waals surface area contributed by atoms with Crippen LogP contribution in [-0.2, 0) is 0 Å². The first-order valence-corrected chi connectivity index (χ1v) is 9.01. The Morgan fingerprint density at radius 2 is 1.54 bits per heavy atom. The highest BCUT2D eigenvalue weighted by Crippen LogP contribution is 2.31. The van der Waals surface area contributed by atoms with Crippen LogP contribution in [-0.4, -0.2) is 25.2 Å². The van der Waals surface area contributed by atoms with E-state index in [9.17, 15) is 0 Å². The maximum absolute atomic E-state index is 6.19. The van der Waals surface area contributed by atoms with E-state index in [1.807, 2.05) is 24.3 Å². The molecule has 2 aromatic carbocycles. The van der Waals surface area contributed by atoms with Gasteiger partial charge in [-0.1, -0.05) is 39.8 Å². The second-order valence-electron chi connectivity index (χ2n) is 5.26. The van der Waals surface area contributed by atoms with E-state index in [-0.39, 0.29) is 0 Å². The van der Waals surface area contributed by atoms with E-state index in [2.05, 4.69) is 25.8 Å². The summed E-state index contributed by atoms with van der Waals surface area (Å²) >= 11 is 13.1. The lowest BCUT2D eigenvalue weighted by Crippen LogP contribution is -2.02. The monoisotopic (exact) mass is 403 g/mol. The SMILES string of the molecule is Nc1c(-c2nnc(Nc3ccc(Cl)cc3)s2)nnn1-c1ccc(Cl)cc1. The fraction of sp³-hybridized carbons (Fsp3) is 0. The maximum atomic E-state index is 6.19. The van der Waals surface area contributed by atoms with Crippen LogP contribution >= 0.6 is 34.5 Å². The molecule has 130 valence electrons. The normalized spacial score (nSPS) is 10.8. The Balaban J connectivity index is 1.60. The summed E-state index contributed by atoms with van der Waals surface area (Å²) in [5.74, 6) is 0.376. The summed E-state index contributed by atoms with van der Waals surface area (Å²) in [5, 5.41) is 22.1. The number of hydrogen-bond donors (Lipinski definition) is 2. The molecule has 0 aliphatic carbocycles. The first kappa shape index (κ1) is 16.8. The van der Waals surface area contributed by atoms with E-state index in [0.717, 1.165) is 11.4 Å². The van der Waals surface area contributed by atoms with Crippen molar-refractivity contribution in [3.05, 3.63) is 58.6 Å². The molecule has 2 heterocycles. The average Bonchev–Trinajstić information content (AvgIpc) is 3.24. The van der Waals surface area contributed by atoms with Crippen molar-refractivity contribution >= 4 is 51.2 Å². The van der Waals surface area contributed by atoms with Gasteiger partial charge in [0.15, 0.2) is 16.5 Å². The fourth-order valence-electron chi connectivity index (χ4n) is 2.24. The Kier molecular flexibility index (Phi) is 4.46. The minimum absolute atomic E-state index is 0.376. The first-order chi connectivity index (χ1) is 12.6. The number of anilines is 3. The summed E-state index contributed by atoms with van der Waals surface area (Å²) in [7, 11) is 0. The van der Waals surface area contributed by atoms with Crippen LogP contribution in [0.2, 0.25) is 10.0 Å². The lowest BCUT2D eigenvalue weighted by atomic mass is 10.3. The van der Waals surface area contributed by atoms with Crippen molar-refractivity contribution in [2.24, 2.45) is 0 Å². The van der Waals surface area contributed by atoms with E-state index in [1.54, 1.807) is 24.3 Å². The zero-order valence-electron chi connectivity index (χ0n) is 13.1. The number of halogens is 2. The molecule has 0 bridgehead atoms. The van der Waals surface area contributed by atoms with Gasteiger partial charge in [-0.25, -0.2) is 0 Å². The van der Waals surface area contributed by atoms with E-state index in [1.165, 1.54) is 16.0 Å². The Morgan fingerprint density at radius 3 is 2.23 bits per heavy atom. The van der Waals surface area contributed by atoms with Crippen molar-refractivity contribution in [3.8, 4) is 16.4 Å². The second-order valence-corrected chi connectivity index (χ2v) is 7.11. The molecule has 0 fully saturated rings. The van der Waals surface area contributed by atoms with Gasteiger partial charge in [-0.15, -0.1) is 15.3 Å². The molecule has 7 nitrogen and oxygen atoms in total. The lowest BCUT2D eigenvalue weighted by Gasteiger charge is -2.02. The van der Waals surface area contributed by atoms with Crippen molar-refractivity contribution in [2.45, 2.75) is 0 Å². The molecule has 0 saturated heterocycles. The smallest absolute Gasteiger partial charge is 0.210 e. The number of aromatic nitrogens is 5. The molecule has 0 aliphatic heterocycles. The summed E-state index contributed by atoms with van der Waals surface area (Å²) in [4.78, 5) is 0. The van der Waals surface area contributed by atoms with Gasteiger partial charge in [0, 0.05) is 15.7 Å². The third-order valence-electron chi connectivity index (χ3n) is 3.50. The van der Waals surface area contributed by atoms with Gasteiger partial charge in [-0.2, -0.15) is 4.68 Å². The highest BCUT2D eigenvalue weighted by atomic mass is 35.5. The van der Waals surface area contributed by atoms with E-state index < -0.39 is 0 Å². The Hall–Kier alpha value is -2.68. The van der Waals surface area contributed by atoms with E-state index in [0.29, 0.717) is 31.7 Å². The molecule has 0 aliphatic rings. The van der Waals surface area contributed by atoms with Crippen molar-refractivity contribution in [2.75, 3.05) is 11.1 Å². The topological polar surface area (TPSA) is 94.5 Å². The number of nitrogens with one attached hydrogen (secondary N) is 1. The fourth-order valence-corrected chi connectivity index (χ4v) is 3.25. The van der Waals surface area contributed by atoms with Crippen LogP contribution in [0, 0.1) is 0 Å². The number of nitrogens with two attached hydrogens (primary N) is 1. The molecule has 3 N–H and O–H groups in total. The van der Waals surface area contributed by atoms with Gasteiger partial charge < -0.3 is 11.1 Å². The Morgan fingerprint density at radius 1 is 0.885 bits per heavy atom.